The molecule has 9 heteroatoms. The number of hydrogen-bond acceptors (Lipinski definition) is 6. The summed E-state index contributed by atoms with van der Waals surface area (Å²) < 4.78 is 41.1. The summed E-state index contributed by atoms with van der Waals surface area (Å²) in [6, 6.07) is 9.57. The Balaban J connectivity index is 1.68. The van der Waals surface area contributed by atoms with Crippen LogP contribution in [0.15, 0.2) is 46.1 Å². The van der Waals surface area contributed by atoms with Gasteiger partial charge in [-0.25, -0.2) is 8.42 Å². The van der Waals surface area contributed by atoms with Crippen LogP contribution < -0.4 is 19.1 Å². The molecule has 0 saturated carbocycles. The molecule has 0 radical (unpaired) electrons. The smallest absolute Gasteiger partial charge is 0.308 e. The van der Waals surface area contributed by atoms with E-state index in [0.29, 0.717) is 41.6 Å². The van der Waals surface area contributed by atoms with Gasteiger partial charge in [-0.05, 0) is 37.3 Å². The zero-order valence-electron chi connectivity index (χ0n) is 13.9. The highest BCUT2D eigenvalue weighted by Crippen LogP contribution is 2.33. The number of sulfonamides is 1. The third-order valence-corrected chi connectivity index (χ3v) is 6.38. The molecule has 0 saturated heterocycles. The number of aromatic nitrogens is 1. The third-order valence-electron chi connectivity index (χ3n) is 4.06. The van der Waals surface area contributed by atoms with Crippen molar-refractivity contribution in [3.63, 3.8) is 0 Å². The van der Waals surface area contributed by atoms with E-state index in [0.717, 1.165) is 16.9 Å². The van der Waals surface area contributed by atoms with E-state index < -0.39 is 10.0 Å². The summed E-state index contributed by atoms with van der Waals surface area (Å²) in [6.45, 7) is 3.31. The molecule has 3 aromatic rings. The van der Waals surface area contributed by atoms with Crippen molar-refractivity contribution in [1.82, 2.24) is 4.57 Å². The molecule has 0 bridgehead atoms. The molecule has 1 N–H and O–H groups in total. The van der Waals surface area contributed by atoms with Gasteiger partial charge in [0.05, 0.1) is 20.8 Å². The summed E-state index contributed by atoms with van der Waals surface area (Å²) in [7, 11) is -3.79. The van der Waals surface area contributed by atoms with Gasteiger partial charge in [-0.1, -0.05) is 11.3 Å². The Hall–Kier alpha value is -2.52. The van der Waals surface area contributed by atoms with Gasteiger partial charge in [0, 0.05) is 12.6 Å². The lowest BCUT2D eigenvalue weighted by molar-refractivity contribution is 0.171. The highest BCUT2D eigenvalue weighted by Gasteiger charge is 2.19. The lowest BCUT2D eigenvalue weighted by atomic mass is 10.3. The second-order valence-corrected chi connectivity index (χ2v) is 8.38. The van der Waals surface area contributed by atoms with Gasteiger partial charge in [-0.15, -0.1) is 0 Å². The van der Waals surface area contributed by atoms with Crippen LogP contribution in [0, 0.1) is 0 Å². The maximum Gasteiger partial charge on any atom is 0.308 e. The summed E-state index contributed by atoms with van der Waals surface area (Å²) in [5.41, 5.74) is 1.12. The standard InChI is InChI=1S/C17H16N2O5S2/c1-2-19-13-5-4-12(10-16(13)25-17(19)20)26(21,22)18-11-3-6-14-15(9-11)24-8-7-23-14/h3-6,9-10,18H,2,7-8H2,1H3. The molecule has 0 amide bonds. The molecule has 26 heavy (non-hydrogen) atoms. The average Bonchev–Trinajstić information content (AvgIpc) is 2.95. The molecule has 0 aliphatic carbocycles. The Labute approximate surface area is 153 Å². The normalized spacial score (nSPS) is 13.7. The van der Waals surface area contributed by atoms with Crippen LogP contribution in [-0.4, -0.2) is 26.2 Å². The van der Waals surface area contributed by atoms with E-state index in [4.69, 9.17) is 9.47 Å². The number of nitrogens with zero attached hydrogens (tertiary/aromatic N) is 1. The van der Waals surface area contributed by atoms with Crippen LogP contribution >= 0.6 is 11.3 Å². The van der Waals surface area contributed by atoms with Crippen LogP contribution in [0.1, 0.15) is 6.92 Å². The number of rotatable bonds is 4. The summed E-state index contributed by atoms with van der Waals surface area (Å²) in [6.07, 6.45) is 0. The second kappa shape index (κ2) is 6.33. The highest BCUT2D eigenvalue weighted by atomic mass is 32.2. The van der Waals surface area contributed by atoms with E-state index in [9.17, 15) is 13.2 Å². The Morgan fingerprint density at radius 1 is 1.12 bits per heavy atom. The van der Waals surface area contributed by atoms with E-state index in [-0.39, 0.29) is 9.77 Å². The van der Waals surface area contributed by atoms with Gasteiger partial charge in [-0.3, -0.25) is 14.1 Å². The SMILES string of the molecule is CCn1c(=O)sc2cc(S(=O)(=O)Nc3ccc4c(c3)OCCO4)ccc21. The predicted octanol–water partition coefficient (Wildman–Crippen LogP) is 2.65. The first-order valence-electron chi connectivity index (χ1n) is 8.04. The molecule has 2 heterocycles. The van der Waals surface area contributed by atoms with Crippen LogP contribution in [0.5, 0.6) is 11.5 Å². The molecular formula is C17H16N2O5S2. The van der Waals surface area contributed by atoms with Crippen LogP contribution in [0.4, 0.5) is 5.69 Å². The van der Waals surface area contributed by atoms with Crippen molar-refractivity contribution >= 4 is 37.3 Å². The molecule has 2 aromatic carbocycles. The summed E-state index contributed by atoms with van der Waals surface area (Å²) >= 11 is 1.04. The fourth-order valence-corrected chi connectivity index (χ4v) is 4.98. The van der Waals surface area contributed by atoms with Crippen molar-refractivity contribution < 1.29 is 17.9 Å². The molecular weight excluding hydrogens is 376 g/mol. The Morgan fingerprint density at radius 3 is 2.65 bits per heavy atom. The van der Waals surface area contributed by atoms with Gasteiger partial charge < -0.3 is 9.47 Å². The Morgan fingerprint density at radius 2 is 1.88 bits per heavy atom. The zero-order valence-corrected chi connectivity index (χ0v) is 15.5. The molecule has 1 aromatic heterocycles. The average molecular weight is 392 g/mol. The lowest BCUT2D eigenvalue weighted by Gasteiger charge is -2.19. The molecule has 1 aliphatic heterocycles. The molecule has 1 aliphatic rings. The molecule has 4 rings (SSSR count). The van der Waals surface area contributed by atoms with E-state index in [1.807, 2.05) is 6.92 Å². The van der Waals surface area contributed by atoms with Gasteiger partial charge in [0.25, 0.3) is 10.0 Å². The van der Waals surface area contributed by atoms with Gasteiger partial charge in [0.2, 0.25) is 0 Å². The van der Waals surface area contributed by atoms with Gasteiger partial charge >= 0.3 is 4.87 Å². The Bertz CT molecular complexity index is 1150. The minimum atomic E-state index is -3.79. The van der Waals surface area contributed by atoms with Crippen molar-refractivity contribution in [2.45, 2.75) is 18.4 Å². The first-order chi connectivity index (χ1) is 12.5. The fraction of sp³-hybridized carbons (Fsp3) is 0.235. The molecule has 136 valence electrons. The first-order valence-corrected chi connectivity index (χ1v) is 10.3. The first kappa shape index (κ1) is 16.9. The number of thiazole rings is 1. The van der Waals surface area contributed by atoms with E-state index in [1.165, 1.54) is 12.1 Å². The molecule has 0 atom stereocenters. The van der Waals surface area contributed by atoms with Crippen molar-refractivity contribution in [2.24, 2.45) is 0 Å². The number of fused-ring (bicyclic) bond motifs is 2. The van der Waals surface area contributed by atoms with Crippen LogP contribution in [-0.2, 0) is 16.6 Å². The zero-order chi connectivity index (χ0) is 18.3. The molecule has 7 nitrogen and oxygen atoms in total. The van der Waals surface area contributed by atoms with Gasteiger partial charge in [0.15, 0.2) is 11.5 Å². The topological polar surface area (TPSA) is 86.6 Å². The molecule has 0 unspecified atom stereocenters. The summed E-state index contributed by atoms with van der Waals surface area (Å²) in [5, 5.41) is 0. The monoisotopic (exact) mass is 392 g/mol. The lowest BCUT2D eigenvalue weighted by Crippen LogP contribution is -2.16. The van der Waals surface area contributed by atoms with Crippen molar-refractivity contribution in [1.29, 1.82) is 0 Å². The predicted molar refractivity (Wildman–Crippen MR) is 100.0 cm³/mol. The number of aryl methyl sites for hydroxylation is 1. The fourth-order valence-electron chi connectivity index (χ4n) is 2.83. The highest BCUT2D eigenvalue weighted by molar-refractivity contribution is 7.92. The van der Waals surface area contributed by atoms with Crippen LogP contribution in [0.25, 0.3) is 10.2 Å². The van der Waals surface area contributed by atoms with E-state index in [2.05, 4.69) is 4.72 Å². The summed E-state index contributed by atoms with van der Waals surface area (Å²) in [5.74, 6) is 1.09. The molecule has 0 spiro atoms. The molecule has 0 fully saturated rings. The van der Waals surface area contributed by atoms with Gasteiger partial charge in [-0.2, -0.15) is 0 Å². The largest absolute Gasteiger partial charge is 0.486 e. The Kier molecular flexibility index (Phi) is 4.12. The number of hydrogen-bond donors (Lipinski definition) is 1. The van der Waals surface area contributed by atoms with Crippen LogP contribution in [0.3, 0.4) is 0 Å². The van der Waals surface area contributed by atoms with Crippen molar-refractivity contribution in [3.05, 3.63) is 46.1 Å². The quantitative estimate of drug-likeness (QED) is 0.738. The second-order valence-electron chi connectivity index (χ2n) is 5.71. The number of nitrogens with one attached hydrogen (secondary N) is 1. The van der Waals surface area contributed by atoms with Crippen molar-refractivity contribution in [2.75, 3.05) is 17.9 Å². The van der Waals surface area contributed by atoms with Crippen molar-refractivity contribution in [3.8, 4) is 11.5 Å². The van der Waals surface area contributed by atoms with Gasteiger partial charge in [0.1, 0.15) is 13.2 Å². The minimum Gasteiger partial charge on any atom is -0.486 e. The maximum absolute atomic E-state index is 12.7. The minimum absolute atomic E-state index is 0.100. The maximum atomic E-state index is 12.7. The number of anilines is 1. The third kappa shape index (κ3) is 2.93. The summed E-state index contributed by atoms with van der Waals surface area (Å²) in [4.78, 5) is 11.9. The number of ether oxygens (including phenoxy) is 2. The van der Waals surface area contributed by atoms with Crippen LogP contribution in [0.2, 0.25) is 0 Å². The van der Waals surface area contributed by atoms with E-state index in [1.54, 1.807) is 28.8 Å². The van der Waals surface area contributed by atoms with E-state index >= 15 is 0 Å². The number of benzene rings is 2.